The molecule has 29 heavy (non-hydrogen) atoms. The molecule has 3 rings (SSSR count). The van der Waals surface area contributed by atoms with Crippen LogP contribution in [0.5, 0.6) is 0 Å². The van der Waals surface area contributed by atoms with Gasteiger partial charge in [-0.2, -0.15) is 0 Å². The van der Waals surface area contributed by atoms with Gasteiger partial charge in [-0.25, -0.2) is 0 Å². The van der Waals surface area contributed by atoms with Crippen LogP contribution in [0.1, 0.15) is 38.3 Å². The molecule has 1 heterocycles. The molecule has 0 fully saturated rings. The maximum atomic E-state index is 13.5. The minimum atomic E-state index is -0.601. The predicted molar refractivity (Wildman–Crippen MR) is 116 cm³/mol. The van der Waals surface area contributed by atoms with Crippen LogP contribution in [-0.4, -0.2) is 36.8 Å². The van der Waals surface area contributed by atoms with Crippen molar-refractivity contribution >= 4 is 34.9 Å². The Balaban J connectivity index is 2.21. The van der Waals surface area contributed by atoms with Crippen molar-refractivity contribution in [2.24, 2.45) is 10.9 Å². The first kappa shape index (κ1) is 21.1. The molecule has 0 aromatic heterocycles. The van der Waals surface area contributed by atoms with Crippen LogP contribution in [0.3, 0.4) is 0 Å². The molecule has 0 radical (unpaired) electrons. The second kappa shape index (κ2) is 9.23. The Morgan fingerprint density at radius 2 is 1.93 bits per heavy atom. The van der Waals surface area contributed by atoms with E-state index in [1.165, 1.54) is 4.90 Å². The zero-order chi connectivity index (χ0) is 21.0. The van der Waals surface area contributed by atoms with Gasteiger partial charge in [-0.15, -0.1) is 0 Å². The van der Waals surface area contributed by atoms with Gasteiger partial charge in [0.05, 0.1) is 18.0 Å². The number of benzene rings is 2. The molecule has 2 aromatic rings. The highest BCUT2D eigenvalue weighted by molar-refractivity contribution is 6.31. The molecule has 1 aliphatic rings. The largest absolute Gasteiger partial charge is 0.465 e. The lowest BCUT2D eigenvalue weighted by molar-refractivity contribution is -0.142. The zero-order valence-corrected chi connectivity index (χ0v) is 17.6. The van der Waals surface area contributed by atoms with E-state index in [1.54, 1.807) is 19.1 Å². The van der Waals surface area contributed by atoms with E-state index in [0.29, 0.717) is 10.7 Å². The number of fused-ring (bicyclic) bond motifs is 1. The number of hydrogen-bond acceptors (Lipinski definition) is 4. The van der Waals surface area contributed by atoms with Gasteiger partial charge >= 0.3 is 5.97 Å². The van der Waals surface area contributed by atoms with Crippen molar-refractivity contribution in [1.82, 2.24) is 0 Å². The smallest absolute Gasteiger partial charge is 0.326 e. The van der Waals surface area contributed by atoms with Crippen molar-refractivity contribution in [1.29, 1.82) is 0 Å². The molecule has 5 nitrogen and oxygen atoms in total. The molecule has 0 bridgehead atoms. The number of nitrogens with zero attached hydrogens (tertiary/aromatic N) is 2. The van der Waals surface area contributed by atoms with Crippen molar-refractivity contribution in [3.8, 4) is 0 Å². The summed E-state index contributed by atoms with van der Waals surface area (Å²) in [7, 11) is 0. The van der Waals surface area contributed by atoms with E-state index in [0.717, 1.165) is 23.3 Å². The van der Waals surface area contributed by atoms with Gasteiger partial charge in [0.2, 0.25) is 0 Å². The van der Waals surface area contributed by atoms with Crippen LogP contribution in [0, 0.1) is 5.92 Å². The first-order chi connectivity index (χ1) is 14.0. The number of carbonyl (C=O) groups is 2. The topological polar surface area (TPSA) is 59.0 Å². The van der Waals surface area contributed by atoms with Crippen LogP contribution in [0.15, 0.2) is 53.5 Å². The van der Waals surface area contributed by atoms with E-state index in [9.17, 15) is 9.59 Å². The number of carbonyl (C=O) groups excluding carboxylic acids is 2. The second-order valence-corrected chi connectivity index (χ2v) is 7.50. The standard InChI is InChI=1S/C23H25ClN2O3/c1-4-15(3)21-23(28)26(14-20(27)29-5-2)19-13-17(24)11-12-18(19)22(25-21)16-9-7-6-8-10-16/h6-13,15,21H,4-5,14H2,1-3H3/t15?,21-/m0/s1. The van der Waals surface area contributed by atoms with Crippen molar-refractivity contribution in [2.75, 3.05) is 18.1 Å². The number of hydrogen-bond donors (Lipinski definition) is 0. The third-order valence-corrected chi connectivity index (χ3v) is 5.35. The summed E-state index contributed by atoms with van der Waals surface area (Å²) < 4.78 is 5.11. The van der Waals surface area contributed by atoms with Crippen LogP contribution >= 0.6 is 11.6 Å². The molecule has 152 valence electrons. The third-order valence-electron chi connectivity index (χ3n) is 5.12. The Morgan fingerprint density at radius 1 is 1.21 bits per heavy atom. The second-order valence-electron chi connectivity index (χ2n) is 7.06. The lowest BCUT2D eigenvalue weighted by atomic mass is 9.98. The minimum absolute atomic E-state index is 0.00990. The van der Waals surface area contributed by atoms with E-state index < -0.39 is 12.0 Å². The fourth-order valence-electron chi connectivity index (χ4n) is 3.39. The summed E-state index contributed by atoms with van der Waals surface area (Å²) in [5, 5.41) is 0.486. The van der Waals surface area contributed by atoms with Crippen molar-refractivity contribution in [2.45, 2.75) is 33.2 Å². The van der Waals surface area contributed by atoms with Gasteiger partial charge in [-0.3, -0.25) is 19.5 Å². The number of ether oxygens (including phenoxy) is 1. The minimum Gasteiger partial charge on any atom is -0.465 e. The average Bonchev–Trinajstić information content (AvgIpc) is 2.83. The fourth-order valence-corrected chi connectivity index (χ4v) is 3.56. The first-order valence-electron chi connectivity index (χ1n) is 9.86. The van der Waals surface area contributed by atoms with Gasteiger partial charge in [0.15, 0.2) is 0 Å². The van der Waals surface area contributed by atoms with Crippen molar-refractivity contribution in [3.05, 3.63) is 64.7 Å². The van der Waals surface area contributed by atoms with Gasteiger partial charge in [0, 0.05) is 16.1 Å². The Labute approximate surface area is 176 Å². The van der Waals surface area contributed by atoms with Crippen molar-refractivity contribution < 1.29 is 14.3 Å². The molecule has 1 unspecified atom stereocenters. The van der Waals surface area contributed by atoms with E-state index in [4.69, 9.17) is 21.3 Å². The predicted octanol–water partition coefficient (Wildman–Crippen LogP) is 4.50. The summed E-state index contributed by atoms with van der Waals surface area (Å²) in [5.74, 6) is -0.671. The van der Waals surface area contributed by atoms with Crippen LogP contribution in [0.25, 0.3) is 0 Å². The number of anilines is 1. The van der Waals surface area contributed by atoms with E-state index >= 15 is 0 Å². The van der Waals surface area contributed by atoms with E-state index in [-0.39, 0.29) is 25.0 Å². The highest BCUT2D eigenvalue weighted by atomic mass is 35.5. The molecule has 1 amide bonds. The fraction of sp³-hybridized carbons (Fsp3) is 0.348. The summed E-state index contributed by atoms with van der Waals surface area (Å²) in [6.45, 7) is 5.85. The van der Waals surface area contributed by atoms with Gasteiger partial charge in [-0.1, -0.05) is 62.2 Å². The SMILES string of the molecule is CCOC(=O)CN1C(=O)[C@H](C(C)CC)N=C(c2ccccc2)c2ccc(Cl)cc21. The number of halogens is 1. The highest BCUT2D eigenvalue weighted by Gasteiger charge is 2.35. The Hall–Kier alpha value is -2.66. The number of amides is 1. The van der Waals surface area contributed by atoms with Crippen LogP contribution in [0.2, 0.25) is 5.02 Å². The van der Waals surface area contributed by atoms with E-state index in [1.807, 2.05) is 50.2 Å². The quantitative estimate of drug-likeness (QED) is 0.656. The summed E-state index contributed by atoms with van der Waals surface area (Å²) in [5.41, 5.74) is 2.98. The number of rotatable bonds is 6. The summed E-state index contributed by atoms with van der Waals surface area (Å²) in [6.07, 6.45) is 0.784. The van der Waals surface area contributed by atoms with Crippen LogP contribution < -0.4 is 4.90 Å². The summed E-state index contributed by atoms with van der Waals surface area (Å²) in [4.78, 5) is 32.1. The summed E-state index contributed by atoms with van der Waals surface area (Å²) in [6, 6.07) is 14.5. The van der Waals surface area contributed by atoms with Gasteiger partial charge in [0.1, 0.15) is 12.6 Å². The molecule has 2 aromatic carbocycles. The lowest BCUT2D eigenvalue weighted by Gasteiger charge is -2.26. The van der Waals surface area contributed by atoms with Gasteiger partial charge in [-0.05, 0) is 31.0 Å². The van der Waals surface area contributed by atoms with Gasteiger partial charge in [0.25, 0.3) is 5.91 Å². The van der Waals surface area contributed by atoms with E-state index in [2.05, 4.69) is 0 Å². The number of esters is 1. The molecule has 0 N–H and O–H groups in total. The molecule has 0 spiro atoms. The first-order valence-corrected chi connectivity index (χ1v) is 10.2. The third kappa shape index (κ3) is 4.51. The highest BCUT2D eigenvalue weighted by Crippen LogP contribution is 2.33. The van der Waals surface area contributed by atoms with Gasteiger partial charge < -0.3 is 4.74 Å². The van der Waals surface area contributed by atoms with Crippen molar-refractivity contribution in [3.63, 3.8) is 0 Å². The maximum Gasteiger partial charge on any atom is 0.326 e. The molecule has 6 heteroatoms. The molecular formula is C23H25ClN2O3. The molecule has 0 saturated heterocycles. The molecule has 1 aliphatic heterocycles. The lowest BCUT2D eigenvalue weighted by Crippen LogP contribution is -2.43. The molecular weight excluding hydrogens is 388 g/mol. The van der Waals surface area contributed by atoms with Crippen LogP contribution in [0.4, 0.5) is 5.69 Å². The molecule has 0 aliphatic carbocycles. The van der Waals surface area contributed by atoms with Crippen LogP contribution in [-0.2, 0) is 14.3 Å². The average molecular weight is 413 g/mol. The monoisotopic (exact) mass is 412 g/mol. The normalized spacial score (nSPS) is 17.2. The number of aliphatic imine (C=N–C) groups is 1. The number of benzodiazepines with no additional fused rings is 1. The molecule has 0 saturated carbocycles. The zero-order valence-electron chi connectivity index (χ0n) is 16.9. The Kier molecular flexibility index (Phi) is 6.70. The summed E-state index contributed by atoms with van der Waals surface area (Å²) >= 11 is 6.27. The Morgan fingerprint density at radius 3 is 2.59 bits per heavy atom. The Bertz CT molecular complexity index is 927. The maximum absolute atomic E-state index is 13.5. The molecule has 2 atom stereocenters.